The summed E-state index contributed by atoms with van der Waals surface area (Å²) in [5, 5.41) is 0. The second-order valence-corrected chi connectivity index (χ2v) is 5.23. The molecule has 19 heavy (non-hydrogen) atoms. The topological polar surface area (TPSA) is 61.5 Å². The highest BCUT2D eigenvalue weighted by Gasteiger charge is 2.28. The highest BCUT2D eigenvalue weighted by molar-refractivity contribution is 5.63. The van der Waals surface area contributed by atoms with Crippen LogP contribution in [0.3, 0.4) is 0 Å². The lowest BCUT2D eigenvalue weighted by molar-refractivity contribution is 0.0724. The number of hydrogen-bond donors (Lipinski definition) is 1. The zero-order chi connectivity index (χ0) is 13.6. The van der Waals surface area contributed by atoms with Gasteiger partial charge in [0.1, 0.15) is 12.4 Å². The van der Waals surface area contributed by atoms with E-state index in [0.29, 0.717) is 5.75 Å². The summed E-state index contributed by atoms with van der Waals surface area (Å²) in [6.07, 6.45) is 5.78. The van der Waals surface area contributed by atoms with Crippen LogP contribution in [0.1, 0.15) is 38.5 Å². The molecule has 0 bridgehead atoms. The number of ether oxygens (including phenoxy) is 2. The highest BCUT2D eigenvalue weighted by Crippen LogP contribution is 2.25. The largest absolute Gasteiger partial charge is 0.513 e. The summed E-state index contributed by atoms with van der Waals surface area (Å²) >= 11 is 0. The number of benzene rings is 1. The molecule has 0 heterocycles. The average Bonchev–Trinajstić information content (AvgIpc) is 2.63. The van der Waals surface area contributed by atoms with Crippen molar-refractivity contribution < 1.29 is 14.3 Å². The predicted octanol–water partition coefficient (Wildman–Crippen LogP) is 3.25. The molecular formula is C15H21NO3. The minimum Gasteiger partial charge on any atom is -0.432 e. The number of nitrogens with two attached hydrogens (primary N) is 1. The van der Waals surface area contributed by atoms with Crippen LogP contribution in [0.5, 0.6) is 5.75 Å². The van der Waals surface area contributed by atoms with Crippen molar-refractivity contribution in [2.75, 3.05) is 6.61 Å². The van der Waals surface area contributed by atoms with Crippen LogP contribution in [0.25, 0.3) is 0 Å². The standard InChI is InChI=1S/C15H21NO3/c16-15(10-6-1-2-7-11-15)12-18-14(17)19-13-8-4-3-5-9-13/h3-5,8-9H,1-2,6-7,10-12,16H2. The number of hydrogen-bond acceptors (Lipinski definition) is 4. The van der Waals surface area contributed by atoms with E-state index in [2.05, 4.69) is 0 Å². The van der Waals surface area contributed by atoms with Crippen LogP contribution in [-0.4, -0.2) is 18.3 Å². The van der Waals surface area contributed by atoms with Gasteiger partial charge in [-0.15, -0.1) is 0 Å². The Morgan fingerprint density at radius 3 is 2.37 bits per heavy atom. The second kappa shape index (κ2) is 6.57. The first-order chi connectivity index (χ1) is 9.18. The molecule has 1 aliphatic carbocycles. The molecule has 0 spiro atoms. The average molecular weight is 263 g/mol. The van der Waals surface area contributed by atoms with Gasteiger partial charge in [0.05, 0.1) is 5.54 Å². The third-order valence-corrected chi connectivity index (χ3v) is 3.52. The van der Waals surface area contributed by atoms with Crippen molar-refractivity contribution in [3.63, 3.8) is 0 Å². The highest BCUT2D eigenvalue weighted by atomic mass is 16.7. The quantitative estimate of drug-likeness (QED) is 0.516. The van der Waals surface area contributed by atoms with Crippen LogP contribution in [0.15, 0.2) is 30.3 Å². The Morgan fingerprint density at radius 2 is 1.74 bits per heavy atom. The molecule has 0 atom stereocenters. The lowest BCUT2D eigenvalue weighted by Gasteiger charge is -2.26. The Labute approximate surface area is 113 Å². The second-order valence-electron chi connectivity index (χ2n) is 5.23. The van der Waals surface area contributed by atoms with Crippen molar-refractivity contribution in [3.05, 3.63) is 30.3 Å². The fourth-order valence-corrected chi connectivity index (χ4v) is 2.39. The molecule has 2 rings (SSSR count). The molecule has 0 radical (unpaired) electrons. The zero-order valence-corrected chi connectivity index (χ0v) is 11.1. The first-order valence-electron chi connectivity index (χ1n) is 6.87. The fraction of sp³-hybridized carbons (Fsp3) is 0.533. The van der Waals surface area contributed by atoms with Gasteiger partial charge < -0.3 is 15.2 Å². The van der Waals surface area contributed by atoms with Crippen molar-refractivity contribution in [1.29, 1.82) is 0 Å². The van der Waals surface area contributed by atoms with Gasteiger partial charge >= 0.3 is 6.16 Å². The maximum absolute atomic E-state index is 11.6. The Kier molecular flexibility index (Phi) is 4.80. The van der Waals surface area contributed by atoms with Crippen LogP contribution >= 0.6 is 0 Å². The van der Waals surface area contributed by atoms with Gasteiger partial charge in [-0.05, 0) is 25.0 Å². The molecule has 1 aromatic rings. The van der Waals surface area contributed by atoms with E-state index in [-0.39, 0.29) is 12.1 Å². The summed E-state index contributed by atoms with van der Waals surface area (Å²) in [6, 6.07) is 8.89. The first-order valence-corrected chi connectivity index (χ1v) is 6.87. The van der Waals surface area contributed by atoms with Crippen molar-refractivity contribution >= 4 is 6.16 Å². The molecular weight excluding hydrogens is 242 g/mol. The normalized spacial score (nSPS) is 18.4. The molecule has 2 N–H and O–H groups in total. The number of carbonyl (C=O) groups is 1. The van der Waals surface area contributed by atoms with Crippen molar-refractivity contribution in [2.24, 2.45) is 5.73 Å². The molecule has 0 amide bonds. The first kappa shape index (κ1) is 13.9. The Morgan fingerprint density at radius 1 is 1.11 bits per heavy atom. The molecule has 4 nitrogen and oxygen atoms in total. The van der Waals surface area contributed by atoms with Gasteiger partial charge in [-0.2, -0.15) is 0 Å². The van der Waals surface area contributed by atoms with Gasteiger partial charge in [0.2, 0.25) is 0 Å². The minimum atomic E-state index is -0.680. The van der Waals surface area contributed by atoms with E-state index < -0.39 is 6.16 Å². The summed E-state index contributed by atoms with van der Waals surface area (Å²) in [5.74, 6) is 0.486. The molecule has 0 unspecified atom stereocenters. The molecule has 0 saturated heterocycles. The zero-order valence-electron chi connectivity index (χ0n) is 11.1. The number of rotatable bonds is 3. The molecule has 4 heteroatoms. The summed E-state index contributed by atoms with van der Waals surface area (Å²) in [7, 11) is 0. The van der Waals surface area contributed by atoms with Crippen molar-refractivity contribution in [3.8, 4) is 5.75 Å². The van der Waals surface area contributed by atoms with Gasteiger partial charge in [0, 0.05) is 0 Å². The van der Waals surface area contributed by atoms with E-state index in [1.807, 2.05) is 6.07 Å². The van der Waals surface area contributed by atoms with Crippen LogP contribution in [-0.2, 0) is 4.74 Å². The summed E-state index contributed by atoms with van der Waals surface area (Å²) < 4.78 is 10.2. The van der Waals surface area contributed by atoms with Gasteiger partial charge in [0.15, 0.2) is 0 Å². The monoisotopic (exact) mass is 263 g/mol. The van der Waals surface area contributed by atoms with Crippen molar-refractivity contribution in [1.82, 2.24) is 0 Å². The lowest BCUT2D eigenvalue weighted by Crippen LogP contribution is -2.44. The van der Waals surface area contributed by atoms with E-state index in [1.165, 1.54) is 12.8 Å². The lowest BCUT2D eigenvalue weighted by atomic mass is 9.93. The van der Waals surface area contributed by atoms with E-state index in [0.717, 1.165) is 25.7 Å². The van der Waals surface area contributed by atoms with Gasteiger partial charge in [-0.3, -0.25) is 0 Å². The third-order valence-electron chi connectivity index (χ3n) is 3.52. The van der Waals surface area contributed by atoms with E-state index in [9.17, 15) is 4.79 Å². The van der Waals surface area contributed by atoms with Crippen LogP contribution in [0.4, 0.5) is 4.79 Å². The van der Waals surface area contributed by atoms with E-state index >= 15 is 0 Å². The molecule has 1 fully saturated rings. The van der Waals surface area contributed by atoms with E-state index in [4.69, 9.17) is 15.2 Å². The molecule has 0 aliphatic heterocycles. The molecule has 1 saturated carbocycles. The molecule has 1 aliphatic rings. The predicted molar refractivity (Wildman–Crippen MR) is 73.0 cm³/mol. The summed E-state index contributed by atoms with van der Waals surface area (Å²) in [5.41, 5.74) is 5.89. The molecule has 0 aromatic heterocycles. The Balaban J connectivity index is 1.79. The maximum Gasteiger partial charge on any atom is 0.513 e. The smallest absolute Gasteiger partial charge is 0.432 e. The van der Waals surface area contributed by atoms with Crippen LogP contribution in [0, 0.1) is 0 Å². The molecule has 1 aromatic carbocycles. The Bertz CT molecular complexity index is 397. The van der Waals surface area contributed by atoms with Gasteiger partial charge in [0.25, 0.3) is 0 Å². The number of carbonyl (C=O) groups excluding carboxylic acids is 1. The molecule has 104 valence electrons. The number of para-hydroxylation sites is 1. The fourth-order valence-electron chi connectivity index (χ4n) is 2.39. The Hall–Kier alpha value is -1.55. The van der Waals surface area contributed by atoms with Gasteiger partial charge in [-0.1, -0.05) is 43.9 Å². The van der Waals surface area contributed by atoms with Crippen LogP contribution < -0.4 is 10.5 Å². The summed E-state index contributed by atoms with van der Waals surface area (Å²) in [4.78, 5) is 11.6. The SMILES string of the molecule is NC1(COC(=O)Oc2ccccc2)CCCCCC1. The van der Waals surface area contributed by atoms with Gasteiger partial charge in [-0.25, -0.2) is 4.79 Å². The van der Waals surface area contributed by atoms with Crippen LogP contribution in [0.2, 0.25) is 0 Å². The van der Waals surface area contributed by atoms with Crippen molar-refractivity contribution in [2.45, 2.75) is 44.1 Å². The minimum absolute atomic E-state index is 0.235. The summed E-state index contributed by atoms with van der Waals surface area (Å²) in [6.45, 7) is 0.235. The maximum atomic E-state index is 11.6. The third kappa shape index (κ3) is 4.56. The van der Waals surface area contributed by atoms with E-state index in [1.54, 1.807) is 24.3 Å².